The van der Waals surface area contributed by atoms with Gasteiger partial charge in [-0.3, -0.25) is 4.79 Å². The minimum absolute atomic E-state index is 0.207. The van der Waals surface area contributed by atoms with Crippen LogP contribution >= 0.6 is 23.1 Å². The lowest BCUT2D eigenvalue weighted by Gasteiger charge is -2.17. The Morgan fingerprint density at radius 3 is 2.53 bits per heavy atom. The fourth-order valence-corrected chi connectivity index (χ4v) is 4.81. The molecular weight excluding hydrogens is 419 g/mol. The van der Waals surface area contributed by atoms with Gasteiger partial charge >= 0.3 is 0 Å². The molecule has 0 aliphatic carbocycles. The number of hydrogen-bond acceptors (Lipinski definition) is 5. The molecule has 0 fully saturated rings. The zero-order valence-corrected chi connectivity index (χ0v) is 17.8. The van der Waals surface area contributed by atoms with Crippen molar-refractivity contribution in [2.75, 3.05) is 5.32 Å². The molecule has 4 aromatic rings. The van der Waals surface area contributed by atoms with Gasteiger partial charge in [-0.1, -0.05) is 48.2 Å². The Bertz CT molecular complexity index is 1110. The summed E-state index contributed by atoms with van der Waals surface area (Å²) in [5.74, 6) is 0.237. The quantitative estimate of drug-likeness (QED) is 0.380. The number of anilines is 1. The summed E-state index contributed by atoms with van der Waals surface area (Å²) in [6.45, 7) is 2.71. The first kappa shape index (κ1) is 20.3. The van der Waals surface area contributed by atoms with Gasteiger partial charge in [-0.2, -0.15) is 0 Å². The van der Waals surface area contributed by atoms with Crippen LogP contribution in [0.25, 0.3) is 10.7 Å². The fraction of sp³-hybridized carbons (Fsp3) is 0.136. The van der Waals surface area contributed by atoms with Gasteiger partial charge in [-0.15, -0.1) is 21.5 Å². The molecule has 0 bridgehead atoms. The van der Waals surface area contributed by atoms with Gasteiger partial charge in [0.1, 0.15) is 11.1 Å². The van der Waals surface area contributed by atoms with Gasteiger partial charge in [0.2, 0.25) is 5.91 Å². The first-order valence-corrected chi connectivity index (χ1v) is 11.2. The molecule has 0 aliphatic rings. The molecule has 152 valence electrons. The standard InChI is InChI=1S/C22H19FN4OS2/c1-2-27-20(18-9-6-14-29-18)25-26-22(27)30-19(15-7-4-3-5-8-15)21(28)24-17-12-10-16(23)11-13-17/h3-14,19H,2H2,1H3,(H,24,28). The molecule has 1 atom stereocenters. The number of amides is 1. The number of rotatable bonds is 7. The highest BCUT2D eigenvalue weighted by molar-refractivity contribution is 8.00. The third kappa shape index (κ3) is 4.44. The first-order chi connectivity index (χ1) is 14.7. The lowest BCUT2D eigenvalue weighted by molar-refractivity contribution is -0.115. The van der Waals surface area contributed by atoms with Crippen LogP contribution in [0.15, 0.2) is 77.3 Å². The number of carbonyl (C=O) groups is 1. The minimum Gasteiger partial charge on any atom is -0.325 e. The predicted octanol–water partition coefficient (Wildman–Crippen LogP) is 5.64. The molecule has 2 heterocycles. The van der Waals surface area contributed by atoms with Crippen LogP contribution in [0.2, 0.25) is 0 Å². The highest BCUT2D eigenvalue weighted by Gasteiger charge is 2.26. The van der Waals surface area contributed by atoms with Crippen molar-refractivity contribution in [2.24, 2.45) is 0 Å². The van der Waals surface area contributed by atoms with Crippen molar-refractivity contribution in [3.05, 3.63) is 83.5 Å². The largest absolute Gasteiger partial charge is 0.325 e. The SMILES string of the molecule is CCn1c(SC(C(=O)Nc2ccc(F)cc2)c2ccccc2)nnc1-c1cccs1. The summed E-state index contributed by atoms with van der Waals surface area (Å²) >= 11 is 2.95. The summed E-state index contributed by atoms with van der Waals surface area (Å²) in [4.78, 5) is 14.2. The Hall–Kier alpha value is -2.97. The smallest absolute Gasteiger partial charge is 0.242 e. The molecule has 1 N–H and O–H groups in total. The number of thioether (sulfide) groups is 1. The lowest BCUT2D eigenvalue weighted by atomic mass is 10.1. The van der Waals surface area contributed by atoms with Gasteiger partial charge in [0.25, 0.3) is 0 Å². The normalized spacial score (nSPS) is 11.9. The third-order valence-corrected chi connectivity index (χ3v) is 6.55. The number of carbonyl (C=O) groups excluding carboxylic acids is 1. The van der Waals surface area contributed by atoms with E-state index in [0.717, 1.165) is 16.3 Å². The van der Waals surface area contributed by atoms with Crippen molar-refractivity contribution in [1.29, 1.82) is 0 Å². The van der Waals surface area contributed by atoms with E-state index >= 15 is 0 Å². The van der Waals surface area contributed by atoms with Crippen LogP contribution < -0.4 is 5.32 Å². The third-order valence-electron chi connectivity index (χ3n) is 4.45. The molecule has 4 rings (SSSR count). The van der Waals surface area contributed by atoms with Gasteiger partial charge in [0.15, 0.2) is 11.0 Å². The summed E-state index contributed by atoms with van der Waals surface area (Å²) < 4.78 is 15.2. The zero-order chi connectivity index (χ0) is 20.9. The number of thiophene rings is 1. The van der Waals surface area contributed by atoms with E-state index in [9.17, 15) is 9.18 Å². The Morgan fingerprint density at radius 2 is 1.87 bits per heavy atom. The Morgan fingerprint density at radius 1 is 1.10 bits per heavy atom. The molecule has 0 radical (unpaired) electrons. The average Bonchev–Trinajstić information content (AvgIpc) is 3.43. The second-order valence-electron chi connectivity index (χ2n) is 6.43. The molecule has 0 saturated heterocycles. The van der Waals surface area contributed by atoms with Gasteiger partial charge < -0.3 is 9.88 Å². The van der Waals surface area contributed by atoms with Gasteiger partial charge in [-0.25, -0.2) is 4.39 Å². The molecule has 8 heteroatoms. The van der Waals surface area contributed by atoms with E-state index in [4.69, 9.17) is 0 Å². The molecular formula is C22H19FN4OS2. The highest BCUT2D eigenvalue weighted by atomic mass is 32.2. The van der Waals surface area contributed by atoms with Crippen LogP contribution in [0, 0.1) is 5.82 Å². The van der Waals surface area contributed by atoms with E-state index in [1.807, 2.05) is 59.3 Å². The zero-order valence-electron chi connectivity index (χ0n) is 16.2. The highest BCUT2D eigenvalue weighted by Crippen LogP contribution is 2.37. The van der Waals surface area contributed by atoms with Crippen LogP contribution in [0.3, 0.4) is 0 Å². The summed E-state index contributed by atoms with van der Waals surface area (Å²) in [6, 6.07) is 19.2. The monoisotopic (exact) mass is 438 g/mol. The van der Waals surface area contributed by atoms with Crippen LogP contribution in [0.5, 0.6) is 0 Å². The van der Waals surface area contributed by atoms with Crippen LogP contribution in [-0.2, 0) is 11.3 Å². The maximum atomic E-state index is 13.2. The van der Waals surface area contributed by atoms with Crippen molar-refractivity contribution >= 4 is 34.7 Å². The number of aromatic nitrogens is 3. The number of hydrogen-bond donors (Lipinski definition) is 1. The molecule has 30 heavy (non-hydrogen) atoms. The Labute approximate surface area is 182 Å². The molecule has 1 unspecified atom stereocenters. The number of nitrogens with one attached hydrogen (secondary N) is 1. The molecule has 0 spiro atoms. The van der Waals surface area contributed by atoms with Crippen molar-refractivity contribution in [2.45, 2.75) is 23.9 Å². The van der Waals surface area contributed by atoms with Crippen LogP contribution in [0.1, 0.15) is 17.7 Å². The Kier molecular flexibility index (Phi) is 6.25. The molecule has 1 amide bonds. The number of nitrogens with zero attached hydrogens (tertiary/aromatic N) is 3. The number of benzene rings is 2. The predicted molar refractivity (Wildman–Crippen MR) is 119 cm³/mol. The second kappa shape index (κ2) is 9.23. The van der Waals surface area contributed by atoms with E-state index < -0.39 is 5.25 Å². The van der Waals surface area contributed by atoms with E-state index in [1.54, 1.807) is 23.5 Å². The lowest BCUT2D eigenvalue weighted by Crippen LogP contribution is -2.19. The van der Waals surface area contributed by atoms with Gasteiger partial charge in [0.05, 0.1) is 4.88 Å². The fourth-order valence-electron chi connectivity index (χ4n) is 3.00. The van der Waals surface area contributed by atoms with E-state index in [0.29, 0.717) is 17.4 Å². The number of halogens is 1. The maximum absolute atomic E-state index is 13.2. The average molecular weight is 439 g/mol. The van der Waals surface area contributed by atoms with Gasteiger partial charge in [-0.05, 0) is 48.2 Å². The maximum Gasteiger partial charge on any atom is 0.242 e. The Balaban J connectivity index is 1.64. The first-order valence-electron chi connectivity index (χ1n) is 9.41. The van der Waals surface area contributed by atoms with E-state index in [1.165, 1.54) is 23.9 Å². The van der Waals surface area contributed by atoms with Crippen molar-refractivity contribution in [1.82, 2.24) is 14.8 Å². The molecule has 0 saturated carbocycles. The van der Waals surface area contributed by atoms with Crippen molar-refractivity contribution in [3.63, 3.8) is 0 Å². The summed E-state index contributed by atoms with van der Waals surface area (Å²) in [7, 11) is 0. The van der Waals surface area contributed by atoms with Crippen LogP contribution in [-0.4, -0.2) is 20.7 Å². The van der Waals surface area contributed by atoms with E-state index in [-0.39, 0.29) is 11.7 Å². The summed E-state index contributed by atoms with van der Waals surface area (Å²) in [5.41, 5.74) is 1.39. The summed E-state index contributed by atoms with van der Waals surface area (Å²) in [5, 5.41) is 13.7. The van der Waals surface area contributed by atoms with Crippen LogP contribution in [0.4, 0.5) is 10.1 Å². The van der Waals surface area contributed by atoms with Crippen molar-refractivity contribution < 1.29 is 9.18 Å². The molecule has 0 aliphatic heterocycles. The second-order valence-corrected chi connectivity index (χ2v) is 8.45. The van der Waals surface area contributed by atoms with E-state index in [2.05, 4.69) is 15.5 Å². The molecule has 2 aromatic heterocycles. The topological polar surface area (TPSA) is 59.8 Å². The molecule has 2 aromatic carbocycles. The molecule has 5 nitrogen and oxygen atoms in total. The van der Waals surface area contributed by atoms with Gasteiger partial charge in [0, 0.05) is 12.2 Å². The summed E-state index contributed by atoms with van der Waals surface area (Å²) in [6.07, 6.45) is 0. The van der Waals surface area contributed by atoms with Crippen molar-refractivity contribution in [3.8, 4) is 10.7 Å². The minimum atomic E-state index is -0.540.